The molecule has 2 aliphatic heterocycles. The van der Waals surface area contributed by atoms with E-state index in [2.05, 4.69) is 51.3 Å². The predicted molar refractivity (Wildman–Crippen MR) is 211 cm³/mol. The van der Waals surface area contributed by atoms with Crippen LogP contribution in [0.15, 0.2) is 65.2 Å². The number of aromatic nitrogens is 1. The van der Waals surface area contributed by atoms with E-state index in [1.54, 1.807) is 38.9 Å². The molecule has 54 heavy (non-hydrogen) atoms. The first-order chi connectivity index (χ1) is 25.8. The standard InChI is InChI=1S/C42H53N5O6S/c1-27-12-16-34-29(19-27)10-8-18-42(34)25-47-23-31-13-15-33(31)37(52-6)11-7-9-28(2)24-54(51,43-39(48)30-14-17-38(53-26-42)35(47)20-30)44-40(49)32-21-36(46(5)22-32)41(50)45(3)4/h7,11-12,14,16-17,19-22,28,31,33,37H,8-10,13,15,18,23-26H2,1-6H3,(H,43,44,48,49,51)/b11-7+/t28-,31-,33+,37-,42-,54?/m0/s1. The molecule has 12 heteroatoms. The van der Waals surface area contributed by atoms with Crippen molar-refractivity contribution in [3.63, 3.8) is 0 Å². The monoisotopic (exact) mass is 755 g/mol. The van der Waals surface area contributed by atoms with Crippen LogP contribution in [0.2, 0.25) is 0 Å². The Labute approximate surface area is 319 Å². The number of nitrogens with zero attached hydrogens (tertiary/aromatic N) is 4. The van der Waals surface area contributed by atoms with Gasteiger partial charge in [-0.05, 0) is 98.6 Å². The number of carbonyl (C=O) groups is 3. The maximum absolute atomic E-state index is 14.7. The van der Waals surface area contributed by atoms with Gasteiger partial charge < -0.3 is 23.8 Å². The van der Waals surface area contributed by atoms with Gasteiger partial charge in [-0.15, -0.1) is 4.36 Å². The van der Waals surface area contributed by atoms with Gasteiger partial charge in [0.05, 0.1) is 29.7 Å². The van der Waals surface area contributed by atoms with E-state index in [-0.39, 0.29) is 40.2 Å². The lowest BCUT2D eigenvalue weighted by atomic mass is 9.68. The Kier molecular flexibility index (Phi) is 10.5. The van der Waals surface area contributed by atoms with Gasteiger partial charge >= 0.3 is 0 Å². The van der Waals surface area contributed by atoms with E-state index in [1.807, 2.05) is 19.1 Å². The summed E-state index contributed by atoms with van der Waals surface area (Å²) in [5, 5.41) is 0. The number of allylic oxidation sites excluding steroid dienone is 1. The van der Waals surface area contributed by atoms with E-state index >= 15 is 0 Å². The van der Waals surface area contributed by atoms with Crippen LogP contribution in [-0.4, -0.2) is 84.2 Å². The molecule has 1 N–H and O–H groups in total. The zero-order chi connectivity index (χ0) is 38.4. The molecule has 3 aromatic rings. The third-order valence-electron chi connectivity index (χ3n) is 11.9. The van der Waals surface area contributed by atoms with Gasteiger partial charge in [-0.1, -0.05) is 42.8 Å². The highest BCUT2D eigenvalue weighted by Crippen LogP contribution is 2.47. The number of rotatable bonds is 4. The molecule has 4 aliphatic rings. The quantitative estimate of drug-likeness (QED) is 0.320. The number of hydrogen-bond donors (Lipinski definition) is 1. The fraction of sp³-hybridized carbons (Fsp3) is 0.500. The largest absolute Gasteiger partial charge is 0.490 e. The molecule has 11 nitrogen and oxygen atoms in total. The first-order valence-electron chi connectivity index (χ1n) is 19.1. The SMILES string of the molecule is CO[C@H]1/C=C/C[C@H](C)CS(=O)(NC(=O)c2cc(C(=O)N(C)C)n(C)c2)=NC(=O)c2ccc3c(c2)N(C[C@@H]2CC[C@H]21)C[C@@]1(CCCc2cc(C)ccc21)CO3. The number of nitrogens with one attached hydrogen (secondary N) is 1. The van der Waals surface area contributed by atoms with Gasteiger partial charge in [0, 0.05) is 58.5 Å². The van der Waals surface area contributed by atoms with E-state index in [1.165, 1.54) is 33.9 Å². The molecule has 7 rings (SSSR count). The van der Waals surface area contributed by atoms with E-state index < -0.39 is 21.7 Å². The van der Waals surface area contributed by atoms with E-state index in [0.717, 1.165) is 50.9 Å². The molecule has 1 spiro atoms. The van der Waals surface area contributed by atoms with Gasteiger partial charge in [0.1, 0.15) is 21.4 Å². The molecular formula is C42H53N5O6S. The number of hydrogen-bond acceptors (Lipinski definition) is 7. The van der Waals surface area contributed by atoms with Crippen molar-refractivity contribution in [1.29, 1.82) is 0 Å². The lowest BCUT2D eigenvalue weighted by molar-refractivity contribution is 0.0131. The van der Waals surface area contributed by atoms with Crippen LogP contribution in [0.4, 0.5) is 5.69 Å². The van der Waals surface area contributed by atoms with Crippen molar-refractivity contribution >= 4 is 33.3 Å². The minimum Gasteiger partial charge on any atom is -0.490 e. The smallest absolute Gasteiger partial charge is 0.286 e. The molecule has 3 heterocycles. The minimum absolute atomic E-state index is 0.0452. The Morgan fingerprint density at radius 2 is 1.94 bits per heavy atom. The number of carbonyl (C=O) groups excluding carboxylic acids is 3. The van der Waals surface area contributed by atoms with Crippen LogP contribution in [0.1, 0.15) is 86.9 Å². The Morgan fingerprint density at radius 3 is 2.69 bits per heavy atom. The summed E-state index contributed by atoms with van der Waals surface area (Å²) in [7, 11) is 3.07. The fourth-order valence-corrected chi connectivity index (χ4v) is 10.8. The predicted octanol–water partition coefficient (Wildman–Crippen LogP) is 6.10. The van der Waals surface area contributed by atoms with Crippen molar-refractivity contribution in [1.82, 2.24) is 14.2 Å². The summed E-state index contributed by atoms with van der Waals surface area (Å²) in [6.45, 7) is 6.12. The topological polar surface area (TPSA) is 123 Å². The molecule has 2 aromatic carbocycles. The van der Waals surface area contributed by atoms with Crippen LogP contribution in [0.25, 0.3) is 0 Å². The van der Waals surface area contributed by atoms with Crippen LogP contribution in [0, 0.1) is 24.7 Å². The van der Waals surface area contributed by atoms with E-state index in [0.29, 0.717) is 36.3 Å². The van der Waals surface area contributed by atoms with E-state index in [4.69, 9.17) is 9.47 Å². The van der Waals surface area contributed by atoms with Crippen molar-refractivity contribution in [2.45, 2.75) is 63.9 Å². The number of aryl methyl sites for hydroxylation is 3. The third kappa shape index (κ3) is 7.47. The Bertz CT molecular complexity index is 2110. The summed E-state index contributed by atoms with van der Waals surface area (Å²) in [4.78, 5) is 44.3. The zero-order valence-electron chi connectivity index (χ0n) is 32.3. The molecule has 1 fully saturated rings. The number of benzene rings is 2. The molecule has 0 radical (unpaired) electrons. The summed E-state index contributed by atoms with van der Waals surface area (Å²) >= 11 is 0. The van der Waals surface area contributed by atoms with Gasteiger partial charge in [-0.2, -0.15) is 0 Å². The normalized spacial score (nSPS) is 28.7. The van der Waals surface area contributed by atoms with Gasteiger partial charge in [0.25, 0.3) is 17.7 Å². The Hall–Kier alpha value is -4.42. The summed E-state index contributed by atoms with van der Waals surface area (Å²) in [5.41, 5.74) is 5.31. The molecule has 0 saturated heterocycles. The number of methoxy groups -OCH3 is 1. The number of anilines is 1. The first-order valence-corrected chi connectivity index (χ1v) is 20.8. The molecule has 1 saturated carbocycles. The van der Waals surface area contributed by atoms with Crippen LogP contribution in [0.5, 0.6) is 5.75 Å². The molecule has 1 unspecified atom stereocenters. The maximum Gasteiger partial charge on any atom is 0.286 e. The summed E-state index contributed by atoms with van der Waals surface area (Å²) in [6, 6.07) is 13.6. The second-order valence-electron chi connectivity index (χ2n) is 16.2. The molecule has 288 valence electrons. The first kappa shape index (κ1) is 37.9. The van der Waals surface area contributed by atoms with Crippen molar-refractivity contribution in [2.24, 2.45) is 29.2 Å². The summed E-state index contributed by atoms with van der Waals surface area (Å²) < 4.78 is 35.9. The van der Waals surface area contributed by atoms with Crippen LogP contribution in [0.3, 0.4) is 0 Å². The van der Waals surface area contributed by atoms with Crippen LogP contribution in [-0.2, 0) is 33.5 Å². The molecule has 6 atom stereocenters. The molecule has 2 bridgehead atoms. The van der Waals surface area contributed by atoms with Gasteiger partial charge in [-0.3, -0.25) is 19.1 Å². The average molecular weight is 756 g/mol. The van der Waals surface area contributed by atoms with Crippen molar-refractivity contribution in [3.05, 3.63) is 94.3 Å². The maximum atomic E-state index is 14.7. The average Bonchev–Trinajstić information content (AvgIpc) is 3.44. The van der Waals surface area contributed by atoms with E-state index in [9.17, 15) is 18.6 Å². The molecule has 1 aromatic heterocycles. The lowest BCUT2D eigenvalue weighted by Gasteiger charge is -2.46. The van der Waals surface area contributed by atoms with Crippen molar-refractivity contribution in [3.8, 4) is 5.75 Å². The fourth-order valence-electron chi connectivity index (χ4n) is 8.86. The van der Waals surface area contributed by atoms with Crippen LogP contribution < -0.4 is 14.4 Å². The lowest BCUT2D eigenvalue weighted by Crippen LogP contribution is -2.49. The van der Waals surface area contributed by atoms with Gasteiger partial charge in [0.2, 0.25) is 0 Å². The Balaban J connectivity index is 1.28. The zero-order valence-corrected chi connectivity index (χ0v) is 33.1. The van der Waals surface area contributed by atoms with Gasteiger partial charge in [-0.25, -0.2) is 4.21 Å². The number of fused-ring (bicyclic) bond motifs is 4. The second-order valence-corrected chi connectivity index (χ2v) is 18.2. The van der Waals surface area contributed by atoms with Crippen molar-refractivity contribution < 1.29 is 28.1 Å². The van der Waals surface area contributed by atoms with Crippen molar-refractivity contribution in [2.75, 3.05) is 51.6 Å². The highest BCUT2D eigenvalue weighted by molar-refractivity contribution is 7.92. The summed E-state index contributed by atoms with van der Waals surface area (Å²) in [5.74, 6) is -0.433. The highest BCUT2D eigenvalue weighted by Gasteiger charge is 2.44. The van der Waals surface area contributed by atoms with Gasteiger partial charge in [0.15, 0.2) is 0 Å². The second kappa shape index (κ2) is 15.0. The van der Waals surface area contributed by atoms with Crippen LogP contribution >= 0.6 is 0 Å². The summed E-state index contributed by atoms with van der Waals surface area (Å²) in [6.07, 6.45) is 11.5. The highest BCUT2D eigenvalue weighted by atomic mass is 32.2. The third-order valence-corrected chi connectivity index (χ3v) is 13.8. The molecule has 3 amide bonds. The molecular weight excluding hydrogens is 703 g/mol. The molecule has 2 aliphatic carbocycles. The number of ether oxygens (including phenoxy) is 2. The minimum atomic E-state index is -3.62. The Morgan fingerprint density at radius 1 is 1.13 bits per heavy atom. The number of amides is 3.